The van der Waals surface area contributed by atoms with Crippen molar-refractivity contribution in [2.24, 2.45) is 5.92 Å². The van der Waals surface area contributed by atoms with Gasteiger partial charge in [0.1, 0.15) is 11.6 Å². The third-order valence-corrected chi connectivity index (χ3v) is 3.39. The second-order valence-electron chi connectivity index (χ2n) is 7.44. The highest BCUT2D eigenvalue weighted by Crippen LogP contribution is 2.09. The molecule has 0 radical (unpaired) electrons. The van der Waals surface area contributed by atoms with Crippen LogP contribution in [0.1, 0.15) is 40.2 Å². The quantitative estimate of drug-likeness (QED) is 0.832. The van der Waals surface area contributed by atoms with Crippen LogP contribution in [0.2, 0.25) is 0 Å². The number of Topliss-reactive ketones (excluding diaryl/α,β-unsaturated/α-hetero) is 1. The first kappa shape index (κ1) is 20.2. The summed E-state index contributed by atoms with van der Waals surface area (Å²) in [4.78, 5) is 26.5. The third-order valence-electron chi connectivity index (χ3n) is 3.39. The summed E-state index contributed by atoms with van der Waals surface area (Å²) in [6.45, 7) is 10.2. The molecule has 24 heavy (non-hydrogen) atoms. The Kier molecular flexibility index (Phi) is 7.42. The van der Waals surface area contributed by atoms with Gasteiger partial charge in [0.25, 0.3) is 0 Å². The van der Waals surface area contributed by atoms with E-state index in [2.05, 4.69) is 5.32 Å². The van der Waals surface area contributed by atoms with E-state index in [9.17, 15) is 9.59 Å². The van der Waals surface area contributed by atoms with Crippen LogP contribution in [0.3, 0.4) is 0 Å². The van der Waals surface area contributed by atoms with Crippen LogP contribution in [0.5, 0.6) is 0 Å². The first-order chi connectivity index (χ1) is 11.1. The van der Waals surface area contributed by atoms with Crippen molar-refractivity contribution in [2.45, 2.75) is 52.8 Å². The van der Waals surface area contributed by atoms with E-state index >= 15 is 0 Å². The highest BCUT2D eigenvalue weighted by Gasteiger charge is 2.27. The number of carbonyl (C=O) groups is 2. The van der Waals surface area contributed by atoms with Crippen LogP contribution in [-0.4, -0.2) is 42.0 Å². The molecule has 0 saturated carbocycles. The van der Waals surface area contributed by atoms with Crippen LogP contribution in [-0.2, 0) is 16.1 Å². The number of ether oxygens (including phenoxy) is 1. The lowest BCUT2D eigenvalue weighted by Gasteiger charge is -2.27. The minimum absolute atomic E-state index is 0.000714. The van der Waals surface area contributed by atoms with E-state index in [4.69, 9.17) is 4.74 Å². The molecule has 1 aromatic rings. The topological polar surface area (TPSA) is 58.6 Å². The number of amides is 1. The van der Waals surface area contributed by atoms with Gasteiger partial charge in [0.15, 0.2) is 5.78 Å². The summed E-state index contributed by atoms with van der Waals surface area (Å²) in [5.74, 6) is -0.157. The molecule has 1 aromatic carbocycles. The molecule has 0 aromatic heterocycles. The van der Waals surface area contributed by atoms with E-state index < -0.39 is 17.7 Å². The van der Waals surface area contributed by atoms with Gasteiger partial charge in [0.2, 0.25) is 0 Å². The lowest BCUT2D eigenvalue weighted by Crippen LogP contribution is -2.50. The van der Waals surface area contributed by atoms with Crippen LogP contribution >= 0.6 is 0 Å². The molecule has 1 amide bonds. The van der Waals surface area contributed by atoms with Crippen LogP contribution in [0.4, 0.5) is 4.79 Å². The number of alkyl carbamates (subject to hydrolysis) is 1. The Morgan fingerprint density at radius 2 is 1.75 bits per heavy atom. The Morgan fingerprint density at radius 1 is 1.17 bits per heavy atom. The predicted octanol–water partition coefficient (Wildman–Crippen LogP) is 3.24. The largest absolute Gasteiger partial charge is 0.444 e. The summed E-state index contributed by atoms with van der Waals surface area (Å²) in [7, 11) is 1.93. The van der Waals surface area contributed by atoms with Gasteiger partial charge in [-0.1, -0.05) is 44.2 Å². The molecule has 5 nitrogen and oxygen atoms in total. The van der Waals surface area contributed by atoms with Crippen molar-refractivity contribution in [2.75, 3.05) is 13.6 Å². The first-order valence-electron chi connectivity index (χ1n) is 8.34. The minimum atomic E-state index is -0.592. The molecule has 0 aliphatic rings. The molecule has 0 heterocycles. The maximum atomic E-state index is 12.4. The molecule has 0 fully saturated rings. The van der Waals surface area contributed by atoms with Gasteiger partial charge in [-0.15, -0.1) is 0 Å². The molecule has 1 unspecified atom stereocenters. The Labute approximate surface area is 145 Å². The van der Waals surface area contributed by atoms with Crippen molar-refractivity contribution in [3.05, 3.63) is 35.9 Å². The van der Waals surface area contributed by atoms with Gasteiger partial charge in [-0.3, -0.25) is 9.69 Å². The van der Waals surface area contributed by atoms with Gasteiger partial charge in [-0.25, -0.2) is 4.79 Å². The lowest BCUT2D eigenvalue weighted by molar-refractivity contribution is -0.124. The molecular weight excluding hydrogens is 304 g/mol. The maximum Gasteiger partial charge on any atom is 0.408 e. The van der Waals surface area contributed by atoms with Gasteiger partial charge >= 0.3 is 6.09 Å². The second-order valence-corrected chi connectivity index (χ2v) is 7.44. The SMILES string of the molecule is CC(C)C(=O)C(CN(C)Cc1ccccc1)NC(=O)OC(C)(C)C. The number of nitrogens with one attached hydrogen (secondary N) is 1. The van der Waals surface area contributed by atoms with Crippen molar-refractivity contribution >= 4 is 11.9 Å². The summed E-state index contributed by atoms with van der Waals surface area (Å²) >= 11 is 0. The van der Waals surface area contributed by atoms with Gasteiger partial charge in [0, 0.05) is 19.0 Å². The Hall–Kier alpha value is -1.88. The summed E-state index contributed by atoms with van der Waals surface area (Å²) in [6, 6.07) is 9.43. The van der Waals surface area contributed by atoms with E-state index in [1.807, 2.05) is 56.1 Å². The van der Waals surface area contributed by atoms with Gasteiger partial charge < -0.3 is 10.1 Å². The second kappa shape index (κ2) is 8.83. The number of rotatable bonds is 7. The summed E-state index contributed by atoms with van der Waals surface area (Å²) < 4.78 is 5.28. The van der Waals surface area contributed by atoms with E-state index in [0.29, 0.717) is 13.1 Å². The highest BCUT2D eigenvalue weighted by molar-refractivity contribution is 5.89. The molecule has 0 bridgehead atoms. The number of ketones is 1. The molecule has 0 aliphatic heterocycles. The van der Waals surface area contributed by atoms with Crippen LogP contribution < -0.4 is 5.32 Å². The number of benzene rings is 1. The molecule has 1 rings (SSSR count). The number of likely N-dealkylation sites (N-methyl/N-ethyl adjacent to an activating group) is 1. The molecule has 0 spiro atoms. The molecule has 1 atom stereocenters. The van der Waals surface area contributed by atoms with Gasteiger partial charge in [-0.2, -0.15) is 0 Å². The van der Waals surface area contributed by atoms with Crippen molar-refractivity contribution in [1.82, 2.24) is 10.2 Å². The van der Waals surface area contributed by atoms with Gasteiger partial charge in [-0.05, 0) is 33.4 Å². The average molecular weight is 334 g/mol. The Balaban J connectivity index is 2.71. The average Bonchev–Trinajstić information content (AvgIpc) is 2.44. The zero-order chi connectivity index (χ0) is 18.3. The smallest absolute Gasteiger partial charge is 0.408 e. The summed E-state index contributed by atoms with van der Waals surface area (Å²) in [5.41, 5.74) is 0.568. The molecule has 0 aliphatic carbocycles. The van der Waals surface area contributed by atoms with E-state index in [-0.39, 0.29) is 11.7 Å². The summed E-state index contributed by atoms with van der Waals surface area (Å²) in [5, 5.41) is 2.72. The number of hydrogen-bond acceptors (Lipinski definition) is 4. The fraction of sp³-hybridized carbons (Fsp3) is 0.579. The highest BCUT2D eigenvalue weighted by atomic mass is 16.6. The molecule has 134 valence electrons. The van der Waals surface area contributed by atoms with Crippen molar-refractivity contribution in [1.29, 1.82) is 0 Å². The monoisotopic (exact) mass is 334 g/mol. The van der Waals surface area contributed by atoms with Crippen molar-refractivity contribution in [3.8, 4) is 0 Å². The van der Waals surface area contributed by atoms with E-state index in [1.54, 1.807) is 20.8 Å². The summed E-state index contributed by atoms with van der Waals surface area (Å²) in [6.07, 6.45) is -0.561. The lowest BCUT2D eigenvalue weighted by atomic mass is 10.0. The predicted molar refractivity (Wildman–Crippen MR) is 95.8 cm³/mol. The van der Waals surface area contributed by atoms with Crippen LogP contribution in [0.25, 0.3) is 0 Å². The van der Waals surface area contributed by atoms with Crippen molar-refractivity contribution < 1.29 is 14.3 Å². The zero-order valence-corrected chi connectivity index (χ0v) is 15.6. The molecule has 0 saturated heterocycles. The first-order valence-corrected chi connectivity index (χ1v) is 8.34. The van der Waals surface area contributed by atoms with Crippen molar-refractivity contribution in [3.63, 3.8) is 0 Å². The molecule has 1 N–H and O–H groups in total. The number of carbonyl (C=O) groups excluding carboxylic acids is 2. The Bertz CT molecular complexity index is 535. The third kappa shape index (κ3) is 7.59. The van der Waals surface area contributed by atoms with Crippen LogP contribution in [0.15, 0.2) is 30.3 Å². The van der Waals surface area contributed by atoms with E-state index in [1.165, 1.54) is 0 Å². The molecule has 5 heteroatoms. The fourth-order valence-electron chi connectivity index (χ4n) is 2.33. The van der Waals surface area contributed by atoms with Gasteiger partial charge in [0.05, 0.1) is 0 Å². The number of hydrogen-bond donors (Lipinski definition) is 1. The minimum Gasteiger partial charge on any atom is -0.444 e. The Morgan fingerprint density at radius 3 is 2.25 bits per heavy atom. The zero-order valence-electron chi connectivity index (χ0n) is 15.6. The normalized spacial score (nSPS) is 13.0. The fourth-order valence-corrected chi connectivity index (χ4v) is 2.33. The molecular formula is C19H30N2O3. The number of nitrogens with zero attached hydrogens (tertiary/aromatic N) is 1. The van der Waals surface area contributed by atoms with Crippen LogP contribution in [0, 0.1) is 5.92 Å². The van der Waals surface area contributed by atoms with E-state index in [0.717, 1.165) is 5.56 Å². The maximum absolute atomic E-state index is 12.4. The standard InChI is InChI=1S/C19H30N2O3/c1-14(2)17(22)16(20-18(23)24-19(3,4)5)13-21(6)12-15-10-8-7-9-11-15/h7-11,14,16H,12-13H2,1-6H3,(H,20,23).